The van der Waals surface area contributed by atoms with E-state index in [0.717, 1.165) is 30.8 Å². The van der Waals surface area contributed by atoms with E-state index in [9.17, 15) is 0 Å². The Labute approximate surface area is 144 Å². The number of hydrogen-bond donors (Lipinski definition) is 2. The molecule has 0 heterocycles. The summed E-state index contributed by atoms with van der Waals surface area (Å²) >= 11 is 0. The van der Waals surface area contributed by atoms with Crippen molar-refractivity contribution >= 4 is 0 Å². The molecule has 0 bridgehead atoms. The number of aliphatic hydroxyl groups excluding tert-OH is 1. The summed E-state index contributed by atoms with van der Waals surface area (Å²) in [4.78, 5) is 0. The third kappa shape index (κ3) is 6.71. The fourth-order valence-electron chi connectivity index (χ4n) is 2.40. The molecule has 0 aliphatic heterocycles. The molecule has 1 unspecified atom stereocenters. The molecule has 4 nitrogen and oxygen atoms in total. The number of unbranched alkanes of at least 4 members (excludes halogenated alkanes) is 1. The van der Waals surface area contributed by atoms with Gasteiger partial charge in [0.05, 0.1) is 13.2 Å². The van der Waals surface area contributed by atoms with Gasteiger partial charge in [0.2, 0.25) is 0 Å². The standard InChI is InChI=1S/C20H27NO3/c21-20(11-12-22)18-9-6-10-19(15-18)24-14-5-4-13-23-16-17-7-2-1-3-8-17/h1-3,6-10,15,20,22H,4-5,11-14,16,21H2. The molecule has 0 saturated heterocycles. The molecule has 0 aliphatic carbocycles. The van der Waals surface area contributed by atoms with E-state index >= 15 is 0 Å². The van der Waals surface area contributed by atoms with Crippen LogP contribution in [-0.2, 0) is 11.3 Å². The van der Waals surface area contributed by atoms with Crippen molar-refractivity contribution < 1.29 is 14.6 Å². The van der Waals surface area contributed by atoms with E-state index in [0.29, 0.717) is 19.6 Å². The average molecular weight is 329 g/mol. The zero-order valence-electron chi connectivity index (χ0n) is 14.1. The minimum absolute atomic E-state index is 0.0925. The number of aliphatic hydroxyl groups is 1. The van der Waals surface area contributed by atoms with Crippen LogP contribution >= 0.6 is 0 Å². The van der Waals surface area contributed by atoms with Crippen molar-refractivity contribution in [1.29, 1.82) is 0 Å². The Hall–Kier alpha value is -1.88. The molecule has 0 amide bonds. The molecule has 0 fully saturated rings. The largest absolute Gasteiger partial charge is 0.494 e. The molecule has 0 aliphatic rings. The lowest BCUT2D eigenvalue weighted by Gasteiger charge is -2.12. The number of ether oxygens (including phenoxy) is 2. The average Bonchev–Trinajstić information content (AvgIpc) is 2.62. The normalized spacial score (nSPS) is 12.1. The highest BCUT2D eigenvalue weighted by atomic mass is 16.5. The fourth-order valence-corrected chi connectivity index (χ4v) is 2.40. The molecule has 1 atom stereocenters. The first-order valence-corrected chi connectivity index (χ1v) is 8.50. The Bertz CT molecular complexity index is 574. The number of rotatable bonds is 11. The van der Waals surface area contributed by atoms with E-state index in [1.54, 1.807) is 0 Å². The second kappa shape index (κ2) is 10.8. The first-order chi connectivity index (χ1) is 11.8. The van der Waals surface area contributed by atoms with Gasteiger partial charge in [0, 0.05) is 19.3 Å². The molecule has 130 valence electrons. The van der Waals surface area contributed by atoms with E-state index in [2.05, 4.69) is 12.1 Å². The lowest BCUT2D eigenvalue weighted by atomic mass is 10.1. The van der Waals surface area contributed by atoms with Gasteiger partial charge in [0.15, 0.2) is 0 Å². The van der Waals surface area contributed by atoms with Crippen LogP contribution in [0.3, 0.4) is 0 Å². The van der Waals surface area contributed by atoms with Gasteiger partial charge in [-0.3, -0.25) is 0 Å². The topological polar surface area (TPSA) is 64.7 Å². The van der Waals surface area contributed by atoms with Crippen molar-refractivity contribution in [2.75, 3.05) is 19.8 Å². The molecule has 3 N–H and O–H groups in total. The van der Waals surface area contributed by atoms with E-state index in [1.165, 1.54) is 5.56 Å². The molecule has 0 radical (unpaired) electrons. The van der Waals surface area contributed by atoms with Crippen LogP contribution in [0, 0.1) is 0 Å². The van der Waals surface area contributed by atoms with Crippen LogP contribution in [0.4, 0.5) is 0 Å². The van der Waals surface area contributed by atoms with Gasteiger partial charge < -0.3 is 20.3 Å². The van der Waals surface area contributed by atoms with Crippen LogP contribution in [-0.4, -0.2) is 24.9 Å². The summed E-state index contributed by atoms with van der Waals surface area (Å²) in [6.45, 7) is 2.15. The van der Waals surface area contributed by atoms with Crippen molar-refractivity contribution in [2.45, 2.75) is 31.9 Å². The maximum atomic E-state index is 8.96. The van der Waals surface area contributed by atoms with Crippen LogP contribution in [0.15, 0.2) is 54.6 Å². The molecule has 2 aromatic rings. The predicted molar refractivity (Wildman–Crippen MR) is 95.9 cm³/mol. The summed E-state index contributed by atoms with van der Waals surface area (Å²) in [6, 6.07) is 17.8. The molecule has 0 aromatic heterocycles. The molecular formula is C20H27NO3. The highest BCUT2D eigenvalue weighted by Crippen LogP contribution is 2.20. The van der Waals surface area contributed by atoms with Gasteiger partial charge >= 0.3 is 0 Å². The predicted octanol–water partition coefficient (Wildman–Crippen LogP) is 3.44. The van der Waals surface area contributed by atoms with Crippen LogP contribution in [0.2, 0.25) is 0 Å². The number of nitrogens with two attached hydrogens (primary N) is 1. The Morgan fingerprint density at radius 3 is 2.54 bits per heavy atom. The second-order valence-corrected chi connectivity index (χ2v) is 5.79. The van der Waals surface area contributed by atoms with Gasteiger partial charge in [-0.15, -0.1) is 0 Å². The van der Waals surface area contributed by atoms with Crippen molar-refractivity contribution in [1.82, 2.24) is 0 Å². The molecule has 4 heteroatoms. The van der Waals surface area contributed by atoms with Gasteiger partial charge in [-0.2, -0.15) is 0 Å². The summed E-state index contributed by atoms with van der Waals surface area (Å²) < 4.78 is 11.4. The summed E-state index contributed by atoms with van der Waals surface area (Å²) in [5.74, 6) is 0.825. The highest BCUT2D eigenvalue weighted by Gasteiger charge is 2.06. The lowest BCUT2D eigenvalue weighted by molar-refractivity contribution is 0.113. The third-order valence-corrected chi connectivity index (χ3v) is 3.79. The van der Waals surface area contributed by atoms with Gasteiger partial charge in [-0.1, -0.05) is 42.5 Å². The summed E-state index contributed by atoms with van der Waals surface area (Å²) in [5.41, 5.74) is 8.19. The highest BCUT2D eigenvalue weighted by molar-refractivity contribution is 5.30. The minimum Gasteiger partial charge on any atom is -0.494 e. The van der Waals surface area contributed by atoms with Crippen LogP contribution in [0.25, 0.3) is 0 Å². The van der Waals surface area contributed by atoms with Gasteiger partial charge in [0.25, 0.3) is 0 Å². The quantitative estimate of drug-likeness (QED) is 0.620. The SMILES string of the molecule is NC(CCO)c1cccc(OCCCCOCc2ccccc2)c1. The molecular weight excluding hydrogens is 302 g/mol. The first-order valence-electron chi connectivity index (χ1n) is 8.50. The molecule has 24 heavy (non-hydrogen) atoms. The Kier molecular flexibility index (Phi) is 8.32. The van der Waals surface area contributed by atoms with Crippen LogP contribution < -0.4 is 10.5 Å². The summed E-state index contributed by atoms with van der Waals surface area (Å²) in [5, 5.41) is 8.96. The zero-order valence-corrected chi connectivity index (χ0v) is 14.1. The molecule has 0 saturated carbocycles. The van der Waals surface area contributed by atoms with E-state index in [-0.39, 0.29) is 12.6 Å². The van der Waals surface area contributed by atoms with E-state index < -0.39 is 0 Å². The first kappa shape index (κ1) is 18.5. The van der Waals surface area contributed by atoms with Crippen molar-refractivity contribution in [2.24, 2.45) is 5.73 Å². The Morgan fingerprint density at radius 1 is 0.958 bits per heavy atom. The maximum absolute atomic E-state index is 8.96. The monoisotopic (exact) mass is 329 g/mol. The molecule has 0 spiro atoms. The second-order valence-electron chi connectivity index (χ2n) is 5.79. The van der Waals surface area contributed by atoms with Gasteiger partial charge in [0.1, 0.15) is 5.75 Å². The van der Waals surface area contributed by atoms with Crippen LogP contribution in [0.5, 0.6) is 5.75 Å². The Balaban J connectivity index is 1.59. The lowest BCUT2D eigenvalue weighted by Crippen LogP contribution is -2.12. The summed E-state index contributed by atoms with van der Waals surface area (Å²) in [6.07, 6.45) is 2.47. The van der Waals surface area contributed by atoms with Crippen LogP contribution in [0.1, 0.15) is 36.4 Å². The smallest absolute Gasteiger partial charge is 0.119 e. The number of hydrogen-bond acceptors (Lipinski definition) is 4. The van der Waals surface area contributed by atoms with Crippen molar-refractivity contribution in [3.8, 4) is 5.75 Å². The third-order valence-electron chi connectivity index (χ3n) is 3.79. The minimum atomic E-state index is -0.148. The van der Waals surface area contributed by atoms with E-state index in [1.807, 2.05) is 42.5 Å². The number of benzene rings is 2. The van der Waals surface area contributed by atoms with E-state index in [4.69, 9.17) is 20.3 Å². The fraction of sp³-hybridized carbons (Fsp3) is 0.400. The maximum Gasteiger partial charge on any atom is 0.119 e. The summed E-state index contributed by atoms with van der Waals surface area (Å²) in [7, 11) is 0. The van der Waals surface area contributed by atoms with Crippen molar-refractivity contribution in [3.63, 3.8) is 0 Å². The van der Waals surface area contributed by atoms with Gasteiger partial charge in [-0.05, 0) is 42.5 Å². The van der Waals surface area contributed by atoms with Crippen molar-refractivity contribution in [3.05, 3.63) is 65.7 Å². The zero-order chi connectivity index (χ0) is 17.0. The Morgan fingerprint density at radius 2 is 1.75 bits per heavy atom. The molecule has 2 rings (SSSR count). The molecule has 2 aromatic carbocycles. The van der Waals surface area contributed by atoms with Gasteiger partial charge in [-0.25, -0.2) is 0 Å².